The Morgan fingerprint density at radius 3 is 2.81 bits per heavy atom. The summed E-state index contributed by atoms with van der Waals surface area (Å²) in [4.78, 5) is 13.4. The number of thiol groups is 1. The Labute approximate surface area is 108 Å². The lowest BCUT2D eigenvalue weighted by Gasteiger charge is -2.17. The molecular weight excluding hydrogens is 290 g/mol. The summed E-state index contributed by atoms with van der Waals surface area (Å²) in [6.45, 7) is 0.667. The molecule has 1 aliphatic heterocycles. The number of nitrogens with zero attached hydrogens (tertiary/aromatic N) is 1. The number of methoxy groups -OCH3 is 1. The fourth-order valence-electron chi connectivity index (χ4n) is 1.76. The Bertz CT molecular complexity index is 424. The molecule has 5 heteroatoms. The zero-order valence-corrected chi connectivity index (χ0v) is 11.3. The molecule has 0 spiro atoms. The van der Waals surface area contributed by atoms with Crippen LogP contribution in [0, 0.1) is 0 Å². The van der Waals surface area contributed by atoms with E-state index in [1.165, 1.54) is 0 Å². The van der Waals surface area contributed by atoms with Gasteiger partial charge in [-0.3, -0.25) is 4.79 Å². The van der Waals surface area contributed by atoms with Gasteiger partial charge >= 0.3 is 0 Å². The summed E-state index contributed by atoms with van der Waals surface area (Å²) in [6.07, 6.45) is 0.507. The van der Waals surface area contributed by atoms with E-state index in [1.807, 2.05) is 18.2 Å². The minimum absolute atomic E-state index is 0.122. The highest BCUT2D eigenvalue weighted by Crippen LogP contribution is 2.32. The molecule has 1 aromatic carbocycles. The van der Waals surface area contributed by atoms with E-state index in [1.54, 1.807) is 12.0 Å². The summed E-state index contributed by atoms with van der Waals surface area (Å²) >= 11 is 7.73. The molecule has 0 bridgehead atoms. The van der Waals surface area contributed by atoms with E-state index in [0.29, 0.717) is 13.0 Å². The van der Waals surface area contributed by atoms with E-state index in [-0.39, 0.29) is 11.2 Å². The van der Waals surface area contributed by atoms with Gasteiger partial charge in [0, 0.05) is 23.9 Å². The smallest absolute Gasteiger partial charge is 0.228 e. The van der Waals surface area contributed by atoms with Gasteiger partial charge in [-0.25, -0.2) is 0 Å². The fourth-order valence-corrected chi connectivity index (χ4v) is 2.61. The van der Waals surface area contributed by atoms with Gasteiger partial charge in [0.1, 0.15) is 5.75 Å². The van der Waals surface area contributed by atoms with Gasteiger partial charge in [-0.1, -0.05) is 0 Å². The standard InChI is InChI=1S/C11H12BrNO2S/c1-15-10-3-2-7(4-9(10)12)13-6-8(16)5-11(13)14/h2-4,8,16H,5-6H2,1H3. The molecule has 1 aliphatic rings. The molecule has 2 rings (SSSR count). The van der Waals surface area contributed by atoms with E-state index in [4.69, 9.17) is 4.74 Å². The first kappa shape index (κ1) is 11.8. The van der Waals surface area contributed by atoms with Crippen LogP contribution in [0.5, 0.6) is 5.75 Å². The first-order valence-corrected chi connectivity index (χ1v) is 6.24. The molecule has 86 valence electrons. The molecule has 16 heavy (non-hydrogen) atoms. The number of halogens is 1. The maximum absolute atomic E-state index is 11.7. The van der Waals surface area contributed by atoms with Crippen molar-refractivity contribution < 1.29 is 9.53 Å². The number of amides is 1. The SMILES string of the molecule is COc1ccc(N2CC(S)CC2=O)cc1Br. The van der Waals surface area contributed by atoms with Crippen LogP contribution >= 0.6 is 28.6 Å². The minimum Gasteiger partial charge on any atom is -0.496 e. The van der Waals surface area contributed by atoms with E-state index < -0.39 is 0 Å². The highest BCUT2D eigenvalue weighted by atomic mass is 79.9. The fraction of sp³-hybridized carbons (Fsp3) is 0.364. The molecule has 0 N–H and O–H groups in total. The molecule has 1 amide bonds. The average molecular weight is 302 g/mol. The van der Waals surface area contributed by atoms with Crippen molar-refractivity contribution in [3.05, 3.63) is 22.7 Å². The molecule has 1 heterocycles. The van der Waals surface area contributed by atoms with Gasteiger partial charge in [-0.05, 0) is 34.1 Å². The van der Waals surface area contributed by atoms with Crippen LogP contribution < -0.4 is 9.64 Å². The Balaban J connectivity index is 2.28. The minimum atomic E-state index is 0.122. The second kappa shape index (κ2) is 4.67. The summed E-state index contributed by atoms with van der Waals surface area (Å²) in [7, 11) is 1.62. The zero-order chi connectivity index (χ0) is 11.7. The van der Waals surface area contributed by atoms with Crippen molar-refractivity contribution >= 4 is 40.2 Å². The van der Waals surface area contributed by atoms with Crippen LogP contribution in [0.15, 0.2) is 22.7 Å². The number of hydrogen-bond acceptors (Lipinski definition) is 3. The van der Waals surface area contributed by atoms with E-state index >= 15 is 0 Å². The predicted molar refractivity (Wildman–Crippen MR) is 70.4 cm³/mol. The molecular formula is C11H12BrNO2S. The third kappa shape index (κ3) is 2.20. The van der Waals surface area contributed by atoms with Gasteiger partial charge in [-0.2, -0.15) is 12.6 Å². The molecule has 1 fully saturated rings. The van der Waals surface area contributed by atoms with Crippen molar-refractivity contribution in [2.45, 2.75) is 11.7 Å². The van der Waals surface area contributed by atoms with Crippen molar-refractivity contribution in [2.24, 2.45) is 0 Å². The first-order chi connectivity index (χ1) is 7.61. The Kier molecular flexibility index (Phi) is 3.44. The van der Waals surface area contributed by atoms with Gasteiger partial charge in [0.05, 0.1) is 11.6 Å². The summed E-state index contributed by atoms with van der Waals surface area (Å²) < 4.78 is 6.00. The second-order valence-corrected chi connectivity index (χ2v) is 5.27. The number of benzene rings is 1. The number of carbonyl (C=O) groups excluding carboxylic acids is 1. The van der Waals surface area contributed by atoms with E-state index in [0.717, 1.165) is 15.9 Å². The largest absolute Gasteiger partial charge is 0.496 e. The quantitative estimate of drug-likeness (QED) is 0.851. The Morgan fingerprint density at radius 1 is 1.56 bits per heavy atom. The van der Waals surface area contributed by atoms with Crippen molar-refractivity contribution in [1.82, 2.24) is 0 Å². The molecule has 1 unspecified atom stereocenters. The lowest BCUT2D eigenvalue weighted by atomic mass is 10.3. The lowest BCUT2D eigenvalue weighted by molar-refractivity contribution is -0.117. The van der Waals surface area contributed by atoms with Crippen LogP contribution in [0.3, 0.4) is 0 Å². The van der Waals surface area contributed by atoms with Crippen LogP contribution in [-0.2, 0) is 4.79 Å². The number of hydrogen-bond donors (Lipinski definition) is 1. The maximum Gasteiger partial charge on any atom is 0.228 e. The third-order valence-electron chi connectivity index (χ3n) is 2.55. The first-order valence-electron chi connectivity index (χ1n) is 4.94. The molecule has 3 nitrogen and oxygen atoms in total. The zero-order valence-electron chi connectivity index (χ0n) is 8.81. The highest BCUT2D eigenvalue weighted by molar-refractivity contribution is 9.10. The number of carbonyl (C=O) groups is 1. The van der Waals surface area contributed by atoms with Crippen LogP contribution in [0.2, 0.25) is 0 Å². The van der Waals surface area contributed by atoms with Crippen molar-refractivity contribution in [3.8, 4) is 5.75 Å². The normalized spacial score (nSPS) is 20.3. The highest BCUT2D eigenvalue weighted by Gasteiger charge is 2.28. The van der Waals surface area contributed by atoms with Crippen molar-refractivity contribution in [2.75, 3.05) is 18.6 Å². The van der Waals surface area contributed by atoms with Crippen LogP contribution in [0.4, 0.5) is 5.69 Å². The topological polar surface area (TPSA) is 29.5 Å². The predicted octanol–water partition coefficient (Wildman–Crippen LogP) is 2.49. The summed E-state index contributed by atoms with van der Waals surface area (Å²) in [5.41, 5.74) is 0.884. The summed E-state index contributed by atoms with van der Waals surface area (Å²) in [5, 5.41) is 0.133. The third-order valence-corrected chi connectivity index (χ3v) is 3.52. The van der Waals surface area contributed by atoms with Gasteiger partial charge in [0.2, 0.25) is 5.91 Å². The van der Waals surface area contributed by atoms with Gasteiger partial charge in [-0.15, -0.1) is 0 Å². The van der Waals surface area contributed by atoms with Crippen LogP contribution in [0.1, 0.15) is 6.42 Å². The molecule has 0 radical (unpaired) electrons. The molecule has 0 aromatic heterocycles. The molecule has 1 saturated heterocycles. The van der Waals surface area contributed by atoms with E-state index in [2.05, 4.69) is 28.6 Å². The Morgan fingerprint density at radius 2 is 2.31 bits per heavy atom. The number of anilines is 1. The maximum atomic E-state index is 11.7. The number of ether oxygens (including phenoxy) is 1. The van der Waals surface area contributed by atoms with Gasteiger partial charge < -0.3 is 9.64 Å². The van der Waals surface area contributed by atoms with E-state index in [9.17, 15) is 4.79 Å². The monoisotopic (exact) mass is 301 g/mol. The van der Waals surface area contributed by atoms with Crippen molar-refractivity contribution in [1.29, 1.82) is 0 Å². The molecule has 0 aliphatic carbocycles. The molecule has 1 aromatic rings. The van der Waals surface area contributed by atoms with Gasteiger partial charge in [0.25, 0.3) is 0 Å². The summed E-state index contributed by atoms with van der Waals surface area (Å²) in [6, 6.07) is 5.62. The van der Waals surface area contributed by atoms with Crippen LogP contribution in [-0.4, -0.2) is 24.8 Å². The second-order valence-electron chi connectivity index (χ2n) is 3.68. The number of rotatable bonds is 2. The van der Waals surface area contributed by atoms with Crippen molar-refractivity contribution in [3.63, 3.8) is 0 Å². The Hall–Kier alpha value is -0.680. The summed E-state index contributed by atoms with van der Waals surface area (Å²) in [5.74, 6) is 0.884. The average Bonchev–Trinajstić information content (AvgIpc) is 2.58. The van der Waals surface area contributed by atoms with Gasteiger partial charge in [0.15, 0.2) is 0 Å². The molecule has 1 atom stereocenters. The lowest BCUT2D eigenvalue weighted by Crippen LogP contribution is -2.24. The molecule has 0 saturated carbocycles. The van der Waals surface area contributed by atoms with Crippen LogP contribution in [0.25, 0.3) is 0 Å².